The van der Waals surface area contributed by atoms with Crippen molar-refractivity contribution in [1.82, 2.24) is 10.2 Å². The van der Waals surface area contributed by atoms with E-state index in [9.17, 15) is 0 Å². The van der Waals surface area contributed by atoms with E-state index in [0.29, 0.717) is 0 Å². The number of nitrogens with zero attached hydrogens (tertiary/aromatic N) is 1. The van der Waals surface area contributed by atoms with E-state index in [0.717, 1.165) is 5.92 Å². The van der Waals surface area contributed by atoms with Gasteiger partial charge in [-0.05, 0) is 44.6 Å². The minimum absolute atomic E-state index is 0.943. The third-order valence-electron chi connectivity index (χ3n) is 3.03. The predicted molar refractivity (Wildman–Crippen MR) is 66.1 cm³/mol. The van der Waals surface area contributed by atoms with E-state index in [2.05, 4.69) is 23.4 Å². The average Bonchev–Trinajstić information content (AvgIpc) is 2.25. The summed E-state index contributed by atoms with van der Waals surface area (Å²) in [5.74, 6) is 2.22. The first-order valence-corrected chi connectivity index (χ1v) is 7.18. The summed E-state index contributed by atoms with van der Waals surface area (Å²) < 4.78 is 0. The third-order valence-corrected chi connectivity index (χ3v) is 3.62. The number of rotatable bonds is 6. The van der Waals surface area contributed by atoms with Crippen molar-refractivity contribution in [2.45, 2.75) is 19.8 Å². The molecule has 0 amide bonds. The molecule has 1 aliphatic heterocycles. The van der Waals surface area contributed by atoms with Crippen LogP contribution in [-0.4, -0.2) is 49.6 Å². The monoisotopic (exact) mass is 216 g/mol. The summed E-state index contributed by atoms with van der Waals surface area (Å²) in [6.45, 7) is 8.53. The smallest absolute Gasteiger partial charge is 0.00722 e. The Morgan fingerprint density at radius 2 is 2.07 bits per heavy atom. The second-order valence-corrected chi connectivity index (χ2v) is 5.07. The van der Waals surface area contributed by atoms with Crippen molar-refractivity contribution in [3.63, 3.8) is 0 Å². The standard InChI is InChI=1S/C11H24N2S/c1-3-13(8-9-14-2)10-11-4-6-12-7-5-11/h11-12H,3-10H2,1-2H3. The molecule has 1 fully saturated rings. The highest BCUT2D eigenvalue weighted by atomic mass is 32.2. The molecular formula is C11H24N2S. The topological polar surface area (TPSA) is 15.3 Å². The van der Waals surface area contributed by atoms with Crippen LogP contribution in [0.25, 0.3) is 0 Å². The van der Waals surface area contributed by atoms with Crippen LogP contribution in [0.2, 0.25) is 0 Å². The Balaban J connectivity index is 2.16. The Kier molecular flexibility index (Phi) is 6.65. The molecule has 84 valence electrons. The lowest BCUT2D eigenvalue weighted by Crippen LogP contribution is -2.37. The zero-order valence-corrected chi connectivity index (χ0v) is 10.4. The fourth-order valence-electron chi connectivity index (χ4n) is 2.03. The van der Waals surface area contributed by atoms with Gasteiger partial charge in [-0.25, -0.2) is 0 Å². The van der Waals surface area contributed by atoms with Gasteiger partial charge in [0.05, 0.1) is 0 Å². The first-order chi connectivity index (χ1) is 6.86. The Bertz CT molecular complexity index is 135. The van der Waals surface area contributed by atoms with E-state index in [1.54, 1.807) is 0 Å². The summed E-state index contributed by atoms with van der Waals surface area (Å²) in [5, 5.41) is 3.43. The lowest BCUT2D eigenvalue weighted by Gasteiger charge is -2.29. The Morgan fingerprint density at radius 1 is 1.36 bits per heavy atom. The van der Waals surface area contributed by atoms with Gasteiger partial charge in [0, 0.05) is 18.8 Å². The van der Waals surface area contributed by atoms with Crippen molar-refractivity contribution in [3.8, 4) is 0 Å². The number of thioether (sulfide) groups is 1. The highest BCUT2D eigenvalue weighted by Gasteiger charge is 2.15. The van der Waals surface area contributed by atoms with Gasteiger partial charge in [-0.2, -0.15) is 11.8 Å². The number of piperidine rings is 1. The Labute approximate surface area is 92.8 Å². The molecule has 1 N–H and O–H groups in total. The van der Waals surface area contributed by atoms with Crippen LogP contribution < -0.4 is 5.32 Å². The second-order valence-electron chi connectivity index (χ2n) is 4.08. The van der Waals surface area contributed by atoms with Crippen LogP contribution in [0.4, 0.5) is 0 Å². The Hall–Kier alpha value is 0.270. The molecule has 1 aliphatic rings. The van der Waals surface area contributed by atoms with Gasteiger partial charge in [-0.3, -0.25) is 0 Å². The molecule has 1 rings (SSSR count). The van der Waals surface area contributed by atoms with E-state index in [1.807, 2.05) is 11.8 Å². The van der Waals surface area contributed by atoms with Crippen LogP contribution in [0.15, 0.2) is 0 Å². The van der Waals surface area contributed by atoms with E-state index >= 15 is 0 Å². The summed E-state index contributed by atoms with van der Waals surface area (Å²) in [6.07, 6.45) is 4.93. The minimum Gasteiger partial charge on any atom is -0.317 e. The first-order valence-electron chi connectivity index (χ1n) is 5.78. The van der Waals surface area contributed by atoms with Crippen molar-refractivity contribution in [1.29, 1.82) is 0 Å². The van der Waals surface area contributed by atoms with Gasteiger partial charge in [0.2, 0.25) is 0 Å². The molecule has 0 radical (unpaired) electrons. The van der Waals surface area contributed by atoms with Crippen molar-refractivity contribution in [3.05, 3.63) is 0 Å². The molecular weight excluding hydrogens is 192 g/mol. The minimum atomic E-state index is 0.943. The predicted octanol–water partition coefficient (Wildman–Crippen LogP) is 1.67. The van der Waals surface area contributed by atoms with E-state index in [-0.39, 0.29) is 0 Å². The number of hydrogen-bond donors (Lipinski definition) is 1. The van der Waals surface area contributed by atoms with Crippen LogP contribution in [0.1, 0.15) is 19.8 Å². The fourth-order valence-corrected chi connectivity index (χ4v) is 2.47. The maximum atomic E-state index is 3.43. The highest BCUT2D eigenvalue weighted by molar-refractivity contribution is 7.98. The molecule has 0 aromatic carbocycles. The van der Waals surface area contributed by atoms with Crippen LogP contribution >= 0.6 is 11.8 Å². The molecule has 0 spiro atoms. The van der Waals surface area contributed by atoms with Gasteiger partial charge < -0.3 is 10.2 Å². The van der Waals surface area contributed by atoms with E-state index in [4.69, 9.17) is 0 Å². The van der Waals surface area contributed by atoms with Crippen LogP contribution in [-0.2, 0) is 0 Å². The van der Waals surface area contributed by atoms with Gasteiger partial charge in [0.1, 0.15) is 0 Å². The fraction of sp³-hybridized carbons (Fsp3) is 1.00. The lowest BCUT2D eigenvalue weighted by atomic mass is 9.97. The van der Waals surface area contributed by atoms with Crippen LogP contribution in [0, 0.1) is 5.92 Å². The summed E-state index contributed by atoms with van der Waals surface area (Å²) in [7, 11) is 0. The zero-order valence-electron chi connectivity index (χ0n) is 9.59. The first kappa shape index (κ1) is 12.3. The molecule has 14 heavy (non-hydrogen) atoms. The molecule has 0 aromatic heterocycles. The SMILES string of the molecule is CCN(CCSC)CC1CCNCC1. The van der Waals surface area contributed by atoms with Gasteiger partial charge in [-0.15, -0.1) is 0 Å². The van der Waals surface area contributed by atoms with Gasteiger partial charge in [-0.1, -0.05) is 6.92 Å². The average molecular weight is 216 g/mol. The van der Waals surface area contributed by atoms with Crippen LogP contribution in [0.5, 0.6) is 0 Å². The van der Waals surface area contributed by atoms with E-state index < -0.39 is 0 Å². The van der Waals surface area contributed by atoms with E-state index in [1.165, 1.54) is 51.3 Å². The largest absolute Gasteiger partial charge is 0.317 e. The molecule has 0 saturated carbocycles. The number of hydrogen-bond acceptors (Lipinski definition) is 3. The summed E-state index contributed by atoms with van der Waals surface area (Å²) in [6, 6.07) is 0. The van der Waals surface area contributed by atoms with Gasteiger partial charge in [0.25, 0.3) is 0 Å². The zero-order chi connectivity index (χ0) is 10.2. The summed E-state index contributed by atoms with van der Waals surface area (Å²) in [4.78, 5) is 2.60. The molecule has 0 aromatic rings. The molecule has 3 heteroatoms. The number of nitrogens with one attached hydrogen (secondary N) is 1. The van der Waals surface area contributed by atoms with Crippen molar-refractivity contribution in [2.75, 3.05) is 44.7 Å². The van der Waals surface area contributed by atoms with Crippen molar-refractivity contribution in [2.24, 2.45) is 5.92 Å². The molecule has 0 aliphatic carbocycles. The van der Waals surface area contributed by atoms with Gasteiger partial charge >= 0.3 is 0 Å². The highest BCUT2D eigenvalue weighted by Crippen LogP contribution is 2.13. The summed E-state index contributed by atoms with van der Waals surface area (Å²) in [5.41, 5.74) is 0. The lowest BCUT2D eigenvalue weighted by molar-refractivity contribution is 0.223. The second kappa shape index (κ2) is 7.55. The van der Waals surface area contributed by atoms with Gasteiger partial charge in [0.15, 0.2) is 0 Å². The molecule has 0 bridgehead atoms. The molecule has 1 heterocycles. The Morgan fingerprint density at radius 3 is 2.64 bits per heavy atom. The normalized spacial score (nSPS) is 19.1. The van der Waals surface area contributed by atoms with Crippen LogP contribution in [0.3, 0.4) is 0 Å². The molecule has 1 saturated heterocycles. The van der Waals surface area contributed by atoms with Crippen molar-refractivity contribution < 1.29 is 0 Å². The quantitative estimate of drug-likeness (QED) is 0.727. The molecule has 2 nitrogen and oxygen atoms in total. The molecule has 0 atom stereocenters. The third kappa shape index (κ3) is 4.67. The summed E-state index contributed by atoms with van der Waals surface area (Å²) >= 11 is 1.95. The molecule has 0 unspecified atom stereocenters. The maximum Gasteiger partial charge on any atom is 0.00722 e. The maximum absolute atomic E-state index is 3.43. The van der Waals surface area contributed by atoms with Crippen molar-refractivity contribution >= 4 is 11.8 Å².